The second kappa shape index (κ2) is 10.2. The topological polar surface area (TPSA) is 160 Å². The van der Waals surface area contributed by atoms with Crippen molar-refractivity contribution in [2.24, 2.45) is 0 Å². The van der Waals surface area contributed by atoms with Gasteiger partial charge in [-0.05, 0) is 55.8 Å². The number of anilines is 1. The van der Waals surface area contributed by atoms with Crippen molar-refractivity contribution < 1.29 is 27.4 Å². The highest BCUT2D eigenvalue weighted by Crippen LogP contribution is 2.32. The fourth-order valence-corrected chi connectivity index (χ4v) is 5.27. The van der Waals surface area contributed by atoms with E-state index in [9.17, 15) is 22.8 Å². The Labute approximate surface area is 205 Å². The van der Waals surface area contributed by atoms with Gasteiger partial charge in [0.2, 0.25) is 12.7 Å². The predicted octanol–water partition coefficient (Wildman–Crippen LogP) is 1.01. The van der Waals surface area contributed by atoms with E-state index in [1.165, 1.54) is 19.1 Å². The van der Waals surface area contributed by atoms with Gasteiger partial charge >= 0.3 is 5.69 Å². The van der Waals surface area contributed by atoms with Crippen LogP contribution in [0.4, 0.5) is 5.69 Å². The van der Waals surface area contributed by atoms with Crippen LogP contribution in [0.5, 0.6) is 17.2 Å². The average Bonchev–Trinajstić information content (AvgIpc) is 3.29. The van der Waals surface area contributed by atoms with Crippen LogP contribution in [0.2, 0.25) is 0 Å². The number of aryl methyl sites for hydroxylation is 1. The van der Waals surface area contributed by atoms with Gasteiger partial charge in [0.05, 0.1) is 12.3 Å². The largest absolute Gasteiger partial charge is 0.494 e. The molecule has 1 amide bonds. The third-order valence-corrected chi connectivity index (χ3v) is 7.20. The molecule has 13 heteroatoms. The Kier molecular flexibility index (Phi) is 7.01. The molecule has 190 valence electrons. The molecule has 12 nitrogen and oxygen atoms in total. The van der Waals surface area contributed by atoms with Crippen molar-refractivity contribution in [1.82, 2.24) is 15.3 Å². The summed E-state index contributed by atoms with van der Waals surface area (Å²) in [5, 5.41) is 2.67. The van der Waals surface area contributed by atoms with Crippen LogP contribution in [-0.4, -0.2) is 44.2 Å². The van der Waals surface area contributed by atoms with Crippen molar-refractivity contribution in [3.63, 3.8) is 0 Å². The number of hydrogen-bond donors (Lipinski definition) is 3. The van der Waals surface area contributed by atoms with Gasteiger partial charge < -0.3 is 24.5 Å². The molecular weight excluding hydrogens is 492 g/mol. The first-order valence-electron chi connectivity index (χ1n) is 10.9. The van der Waals surface area contributed by atoms with Gasteiger partial charge in [-0.2, -0.15) is 0 Å². The summed E-state index contributed by atoms with van der Waals surface area (Å²) in [6, 6.07) is 11.2. The number of aromatic nitrogens is 2. The molecule has 0 saturated heterocycles. The molecule has 2 heterocycles. The SMILES string of the molecule is CCOc1ccc(N(CC(=O)NCc2ccc3c(c2)OCO3)S(=O)(=O)c2c(C)[nH]c(=O)[nH]c2=O)cc1. The molecule has 0 radical (unpaired) electrons. The lowest BCUT2D eigenvalue weighted by atomic mass is 10.2. The maximum atomic E-state index is 13.6. The van der Waals surface area contributed by atoms with E-state index in [1.807, 2.05) is 4.98 Å². The van der Waals surface area contributed by atoms with E-state index >= 15 is 0 Å². The fraction of sp³-hybridized carbons (Fsp3) is 0.261. The van der Waals surface area contributed by atoms with Gasteiger partial charge in [0.1, 0.15) is 12.3 Å². The first-order chi connectivity index (χ1) is 17.2. The van der Waals surface area contributed by atoms with Gasteiger partial charge in [-0.3, -0.25) is 18.9 Å². The Morgan fingerprint density at radius 2 is 1.81 bits per heavy atom. The Bertz CT molecular complexity index is 1500. The average molecular weight is 517 g/mol. The van der Waals surface area contributed by atoms with E-state index in [0.717, 1.165) is 9.87 Å². The van der Waals surface area contributed by atoms with Gasteiger partial charge in [-0.1, -0.05) is 6.07 Å². The minimum atomic E-state index is -4.56. The maximum absolute atomic E-state index is 13.6. The molecule has 2 aromatic carbocycles. The molecule has 1 aliphatic heterocycles. The van der Waals surface area contributed by atoms with Gasteiger partial charge in [0.15, 0.2) is 16.4 Å². The first-order valence-corrected chi connectivity index (χ1v) is 12.4. The Morgan fingerprint density at radius 1 is 1.08 bits per heavy atom. The molecule has 0 bridgehead atoms. The molecule has 0 fully saturated rings. The summed E-state index contributed by atoms with van der Waals surface area (Å²) in [5.74, 6) is 1.03. The lowest BCUT2D eigenvalue weighted by Gasteiger charge is -2.24. The highest BCUT2D eigenvalue weighted by atomic mass is 32.2. The fourth-order valence-electron chi connectivity index (χ4n) is 3.64. The lowest BCUT2D eigenvalue weighted by Crippen LogP contribution is -2.43. The van der Waals surface area contributed by atoms with Crippen LogP contribution in [0.3, 0.4) is 0 Å². The summed E-state index contributed by atoms with van der Waals surface area (Å²) in [6.45, 7) is 3.10. The van der Waals surface area contributed by atoms with Crippen molar-refractivity contribution >= 4 is 21.6 Å². The quantitative estimate of drug-likeness (QED) is 0.380. The number of aromatic amines is 2. The monoisotopic (exact) mass is 516 g/mol. The lowest BCUT2D eigenvalue weighted by molar-refractivity contribution is -0.119. The van der Waals surface area contributed by atoms with E-state index < -0.39 is 38.6 Å². The number of benzene rings is 2. The minimum absolute atomic E-state index is 0.102. The molecule has 0 spiro atoms. The zero-order chi connectivity index (χ0) is 25.9. The number of nitrogens with zero attached hydrogens (tertiary/aromatic N) is 1. The second-order valence-corrected chi connectivity index (χ2v) is 9.56. The first kappa shape index (κ1) is 24.9. The zero-order valence-corrected chi connectivity index (χ0v) is 20.3. The van der Waals surface area contributed by atoms with Crippen molar-refractivity contribution in [1.29, 1.82) is 0 Å². The van der Waals surface area contributed by atoms with E-state index in [0.29, 0.717) is 23.9 Å². The summed E-state index contributed by atoms with van der Waals surface area (Å²) in [7, 11) is -4.56. The third kappa shape index (κ3) is 5.20. The zero-order valence-electron chi connectivity index (χ0n) is 19.5. The predicted molar refractivity (Wildman–Crippen MR) is 129 cm³/mol. The highest BCUT2D eigenvalue weighted by molar-refractivity contribution is 7.92. The second-order valence-electron chi connectivity index (χ2n) is 7.77. The highest BCUT2D eigenvalue weighted by Gasteiger charge is 2.32. The van der Waals surface area contributed by atoms with Crippen molar-refractivity contribution in [3.05, 3.63) is 74.6 Å². The number of amides is 1. The van der Waals surface area contributed by atoms with Crippen LogP contribution in [0.25, 0.3) is 0 Å². The molecule has 0 unspecified atom stereocenters. The summed E-state index contributed by atoms with van der Waals surface area (Å²) in [6.07, 6.45) is 0. The van der Waals surface area contributed by atoms with Gasteiger partial charge in [-0.15, -0.1) is 0 Å². The minimum Gasteiger partial charge on any atom is -0.494 e. The Hall–Kier alpha value is -4.26. The van der Waals surface area contributed by atoms with Crippen LogP contribution in [0.1, 0.15) is 18.2 Å². The van der Waals surface area contributed by atoms with Crippen molar-refractivity contribution in [3.8, 4) is 17.2 Å². The van der Waals surface area contributed by atoms with Crippen LogP contribution >= 0.6 is 0 Å². The molecule has 36 heavy (non-hydrogen) atoms. The molecule has 0 atom stereocenters. The number of H-pyrrole nitrogens is 2. The number of fused-ring (bicyclic) bond motifs is 1. The number of ether oxygens (including phenoxy) is 3. The van der Waals surface area contributed by atoms with Crippen molar-refractivity contribution in [2.45, 2.75) is 25.3 Å². The van der Waals surface area contributed by atoms with Crippen molar-refractivity contribution in [2.75, 3.05) is 24.2 Å². The third-order valence-electron chi connectivity index (χ3n) is 5.27. The van der Waals surface area contributed by atoms with Crippen LogP contribution in [-0.2, 0) is 21.4 Å². The number of carbonyl (C=O) groups excluding carboxylic acids is 1. The molecule has 1 aromatic heterocycles. The summed E-state index contributed by atoms with van der Waals surface area (Å²) >= 11 is 0. The molecular formula is C23H24N4O8S. The molecule has 3 N–H and O–H groups in total. The number of hydrogen-bond acceptors (Lipinski definition) is 8. The Morgan fingerprint density at radius 3 is 2.50 bits per heavy atom. The van der Waals surface area contributed by atoms with E-state index in [4.69, 9.17) is 14.2 Å². The maximum Gasteiger partial charge on any atom is 0.325 e. The normalized spacial score (nSPS) is 12.3. The molecule has 1 aliphatic rings. The van der Waals surface area contributed by atoms with Crippen LogP contribution in [0, 0.1) is 6.92 Å². The standard InChI is InChI=1S/C23H24N4O8S/c1-3-33-17-7-5-16(6-8-17)27(36(31,32)21-14(2)25-23(30)26-22(21)29)12-20(28)24-11-15-4-9-18-19(10-15)35-13-34-18/h4-10H,3,11-13H2,1-2H3,(H,24,28)(H2,25,26,29,30). The number of carbonyl (C=O) groups is 1. The van der Waals surface area contributed by atoms with Crippen LogP contribution < -0.4 is 35.1 Å². The summed E-state index contributed by atoms with van der Waals surface area (Å²) in [5.41, 5.74) is -1.24. The molecule has 4 rings (SSSR count). The van der Waals surface area contributed by atoms with Gasteiger partial charge in [0, 0.05) is 12.2 Å². The molecule has 0 aliphatic carbocycles. The smallest absolute Gasteiger partial charge is 0.325 e. The summed E-state index contributed by atoms with van der Waals surface area (Å²) < 4.78 is 44.0. The number of sulfonamides is 1. The number of rotatable bonds is 9. The van der Waals surface area contributed by atoms with Crippen LogP contribution in [0.15, 0.2) is 56.9 Å². The summed E-state index contributed by atoms with van der Waals surface area (Å²) in [4.78, 5) is 40.4. The Balaban J connectivity index is 1.62. The van der Waals surface area contributed by atoms with E-state index in [-0.39, 0.29) is 24.7 Å². The van der Waals surface area contributed by atoms with Gasteiger partial charge in [-0.25, -0.2) is 13.2 Å². The van der Waals surface area contributed by atoms with E-state index in [2.05, 4.69) is 10.3 Å². The van der Waals surface area contributed by atoms with E-state index in [1.54, 1.807) is 37.3 Å². The molecule has 0 saturated carbocycles. The van der Waals surface area contributed by atoms with Gasteiger partial charge in [0.25, 0.3) is 15.6 Å². The number of nitrogens with one attached hydrogen (secondary N) is 3. The molecule has 3 aromatic rings.